The molecule has 4 aromatic rings. The Kier molecular flexibility index (Phi) is 5.65. The number of carbonyl (C=O) groups excluding carboxylic acids is 1. The van der Waals surface area contributed by atoms with Crippen molar-refractivity contribution in [1.82, 2.24) is 9.38 Å². The highest BCUT2D eigenvalue weighted by atomic mass is 35.5. The van der Waals surface area contributed by atoms with Crippen LogP contribution in [0, 0.1) is 11.3 Å². The summed E-state index contributed by atoms with van der Waals surface area (Å²) in [5, 5.41) is 9.53. The van der Waals surface area contributed by atoms with Crippen LogP contribution in [0.15, 0.2) is 66.9 Å². The quantitative estimate of drug-likeness (QED) is 0.369. The summed E-state index contributed by atoms with van der Waals surface area (Å²) < 4.78 is 1.83. The highest BCUT2D eigenvalue weighted by Crippen LogP contribution is 2.22. The predicted molar refractivity (Wildman–Crippen MR) is 119 cm³/mol. The number of imidazole rings is 1. The van der Waals surface area contributed by atoms with Crippen molar-refractivity contribution >= 4 is 23.0 Å². The van der Waals surface area contributed by atoms with Gasteiger partial charge in [0.1, 0.15) is 11.3 Å². The van der Waals surface area contributed by atoms with E-state index in [2.05, 4.69) is 35.3 Å². The first kappa shape index (κ1) is 19.9. The predicted octanol–water partition coefficient (Wildman–Crippen LogP) is 5.90. The minimum Gasteiger partial charge on any atom is -0.297 e. The van der Waals surface area contributed by atoms with E-state index in [1.807, 2.05) is 41.8 Å². The number of halogens is 1. The number of hydrogen-bond acceptors (Lipinski definition) is 3. The summed E-state index contributed by atoms with van der Waals surface area (Å²) in [5.74, 6) is 0.0813. The van der Waals surface area contributed by atoms with Crippen molar-refractivity contribution in [1.29, 1.82) is 5.26 Å². The number of carbonyl (C=O) groups is 1. The molecule has 0 atom stereocenters. The minimum absolute atomic E-state index is 0.0813. The third-order valence-corrected chi connectivity index (χ3v) is 5.44. The molecule has 5 heteroatoms. The molecule has 2 aromatic heterocycles. The van der Waals surface area contributed by atoms with Gasteiger partial charge in [0.15, 0.2) is 5.78 Å². The zero-order chi connectivity index (χ0) is 21.1. The van der Waals surface area contributed by atoms with Crippen LogP contribution < -0.4 is 0 Å². The maximum absolute atomic E-state index is 13.0. The van der Waals surface area contributed by atoms with Crippen molar-refractivity contribution in [3.05, 3.63) is 94.4 Å². The maximum Gasteiger partial charge on any atom is 0.181 e. The van der Waals surface area contributed by atoms with Crippen molar-refractivity contribution in [2.24, 2.45) is 0 Å². The van der Waals surface area contributed by atoms with Gasteiger partial charge in [-0.05, 0) is 47.7 Å². The highest BCUT2D eigenvalue weighted by molar-refractivity contribution is 6.30. The van der Waals surface area contributed by atoms with Gasteiger partial charge >= 0.3 is 0 Å². The molecule has 4 nitrogen and oxygen atoms in total. The van der Waals surface area contributed by atoms with Crippen molar-refractivity contribution < 1.29 is 4.79 Å². The number of Topliss-reactive ketones (excluding diaryl/α,β-unsaturated/α-hetero) is 1. The second-order valence-electron chi connectivity index (χ2n) is 7.14. The van der Waals surface area contributed by atoms with Gasteiger partial charge in [-0.25, -0.2) is 4.98 Å². The zero-order valence-electron chi connectivity index (χ0n) is 16.6. The molecule has 0 radical (unpaired) electrons. The fourth-order valence-corrected chi connectivity index (χ4v) is 3.74. The number of aryl methyl sites for hydroxylation is 2. The van der Waals surface area contributed by atoms with Crippen molar-refractivity contribution in [2.75, 3.05) is 0 Å². The van der Waals surface area contributed by atoms with Gasteiger partial charge in [0.05, 0.1) is 17.3 Å². The molecule has 2 aromatic carbocycles. The first-order valence-electron chi connectivity index (χ1n) is 9.88. The second-order valence-corrected chi connectivity index (χ2v) is 7.58. The number of hydrogen-bond donors (Lipinski definition) is 0. The van der Waals surface area contributed by atoms with E-state index < -0.39 is 0 Å². The summed E-state index contributed by atoms with van der Waals surface area (Å²) in [6.07, 6.45) is 3.58. The highest BCUT2D eigenvalue weighted by Gasteiger charge is 2.18. The molecule has 0 N–H and O–H groups in total. The van der Waals surface area contributed by atoms with Crippen LogP contribution in [0.5, 0.6) is 0 Å². The average Bonchev–Trinajstić information content (AvgIpc) is 3.15. The van der Waals surface area contributed by atoms with Gasteiger partial charge in [0.25, 0.3) is 0 Å². The largest absolute Gasteiger partial charge is 0.297 e. The summed E-state index contributed by atoms with van der Waals surface area (Å²) in [6, 6.07) is 21.4. The van der Waals surface area contributed by atoms with Crippen LogP contribution in [-0.2, 0) is 12.8 Å². The Hall–Kier alpha value is -3.42. The van der Waals surface area contributed by atoms with Crippen molar-refractivity contribution in [3.63, 3.8) is 0 Å². The molecule has 0 aliphatic rings. The molecule has 148 valence electrons. The van der Waals surface area contributed by atoms with E-state index in [0.29, 0.717) is 41.2 Å². The fourth-order valence-electron chi connectivity index (χ4n) is 3.59. The number of aromatic nitrogens is 2. The van der Waals surface area contributed by atoms with E-state index in [0.717, 1.165) is 22.4 Å². The summed E-state index contributed by atoms with van der Waals surface area (Å²) >= 11 is 6.06. The number of rotatable bonds is 6. The monoisotopic (exact) mass is 413 g/mol. The Balaban J connectivity index is 1.49. The molecule has 0 saturated carbocycles. The Bertz CT molecular complexity index is 1250. The fraction of sp³-hybridized carbons (Fsp3) is 0.160. The number of benzene rings is 2. The van der Waals surface area contributed by atoms with Gasteiger partial charge in [-0.15, -0.1) is 0 Å². The first-order chi connectivity index (χ1) is 14.6. The van der Waals surface area contributed by atoms with E-state index in [-0.39, 0.29) is 5.78 Å². The van der Waals surface area contributed by atoms with E-state index in [4.69, 9.17) is 16.9 Å². The van der Waals surface area contributed by atoms with Gasteiger partial charge in [-0.3, -0.25) is 9.20 Å². The Morgan fingerprint density at radius 2 is 1.73 bits per heavy atom. The third kappa shape index (κ3) is 3.98. The lowest BCUT2D eigenvalue weighted by Gasteiger charge is -2.06. The molecular weight excluding hydrogens is 394 g/mol. The molecule has 0 spiro atoms. The zero-order valence-corrected chi connectivity index (χ0v) is 17.4. The van der Waals surface area contributed by atoms with Gasteiger partial charge in [-0.2, -0.15) is 5.26 Å². The Morgan fingerprint density at radius 3 is 2.37 bits per heavy atom. The van der Waals surface area contributed by atoms with Gasteiger partial charge in [-0.1, -0.05) is 54.9 Å². The van der Waals surface area contributed by atoms with Gasteiger partial charge in [0, 0.05) is 23.7 Å². The van der Waals surface area contributed by atoms with Gasteiger partial charge < -0.3 is 0 Å². The van der Waals surface area contributed by atoms with E-state index in [1.54, 1.807) is 12.1 Å². The van der Waals surface area contributed by atoms with Crippen LogP contribution in [-0.4, -0.2) is 15.2 Å². The number of pyridine rings is 1. The molecule has 0 aliphatic heterocycles. The average molecular weight is 414 g/mol. The lowest BCUT2D eigenvalue weighted by molar-refractivity contribution is 0.0976. The van der Waals surface area contributed by atoms with Crippen LogP contribution in [0.25, 0.3) is 16.8 Å². The molecule has 4 rings (SSSR count). The van der Waals surface area contributed by atoms with Crippen LogP contribution in [0.4, 0.5) is 0 Å². The van der Waals surface area contributed by atoms with Crippen LogP contribution in [0.2, 0.25) is 5.02 Å². The molecule has 2 heterocycles. The molecule has 0 unspecified atom stereocenters. The standard InChI is InChI=1S/C25H20ClN3O/c1-2-22-25(29-14-13-21(26)15-24(29)28-22)23(30)12-7-17-3-8-19(9-4-17)20-10-5-18(16-27)6-11-20/h3-6,8-11,13-15H,2,7,12H2,1H3. The molecule has 0 aliphatic carbocycles. The minimum atomic E-state index is 0.0813. The molecule has 30 heavy (non-hydrogen) atoms. The number of nitriles is 1. The number of fused-ring (bicyclic) bond motifs is 1. The lowest BCUT2D eigenvalue weighted by atomic mass is 10.00. The Labute approximate surface area is 180 Å². The second kappa shape index (κ2) is 8.52. The summed E-state index contributed by atoms with van der Waals surface area (Å²) in [5.41, 5.74) is 6.06. The van der Waals surface area contributed by atoms with E-state index >= 15 is 0 Å². The normalized spacial score (nSPS) is 10.8. The summed E-state index contributed by atoms with van der Waals surface area (Å²) in [4.78, 5) is 17.5. The molecule has 0 fully saturated rings. The first-order valence-corrected chi connectivity index (χ1v) is 10.3. The van der Waals surface area contributed by atoms with Crippen LogP contribution in [0.1, 0.15) is 40.7 Å². The number of nitrogens with zero attached hydrogens (tertiary/aromatic N) is 3. The van der Waals surface area contributed by atoms with Crippen molar-refractivity contribution in [2.45, 2.75) is 26.2 Å². The van der Waals surface area contributed by atoms with E-state index in [9.17, 15) is 4.79 Å². The molecule has 0 amide bonds. The van der Waals surface area contributed by atoms with E-state index in [1.165, 1.54) is 0 Å². The SMILES string of the molecule is CCc1nc2cc(Cl)ccn2c1C(=O)CCc1ccc(-c2ccc(C#N)cc2)cc1. The number of ketones is 1. The summed E-state index contributed by atoms with van der Waals surface area (Å²) in [7, 11) is 0. The molecule has 0 saturated heterocycles. The molecule has 0 bridgehead atoms. The molecular formula is C25H20ClN3O. The Morgan fingerprint density at radius 1 is 1.07 bits per heavy atom. The van der Waals surface area contributed by atoms with Gasteiger partial charge in [0.2, 0.25) is 0 Å². The lowest BCUT2D eigenvalue weighted by Crippen LogP contribution is -2.07. The third-order valence-electron chi connectivity index (χ3n) is 5.20. The van der Waals surface area contributed by atoms with Crippen molar-refractivity contribution in [3.8, 4) is 17.2 Å². The smallest absolute Gasteiger partial charge is 0.181 e. The topological polar surface area (TPSA) is 58.2 Å². The van der Waals surface area contributed by atoms with Crippen LogP contribution in [0.3, 0.4) is 0 Å². The van der Waals surface area contributed by atoms with Crippen LogP contribution >= 0.6 is 11.6 Å². The summed E-state index contributed by atoms with van der Waals surface area (Å²) in [6.45, 7) is 2.00. The maximum atomic E-state index is 13.0.